The molecule has 188 valence electrons. The Morgan fingerprint density at radius 1 is 0.941 bits per heavy atom. The first-order valence-electron chi connectivity index (χ1n) is 10.8. The number of carboxylic acids is 1. The van der Waals surface area contributed by atoms with Crippen molar-refractivity contribution in [2.75, 3.05) is 0 Å². The minimum Gasteiger partial charge on any atom is -0.508 e. The number of hydrogen-bond donors (Lipinski definition) is 7. The highest BCUT2D eigenvalue weighted by molar-refractivity contribution is 5.95. The molecule has 0 saturated heterocycles. The lowest BCUT2D eigenvalue weighted by molar-refractivity contribution is -0.142. The van der Waals surface area contributed by atoms with E-state index in [1.165, 1.54) is 19.1 Å². The van der Waals surface area contributed by atoms with Crippen LogP contribution < -0.4 is 27.4 Å². The van der Waals surface area contributed by atoms with Gasteiger partial charge in [0.15, 0.2) is 0 Å². The summed E-state index contributed by atoms with van der Waals surface area (Å²) in [4.78, 5) is 60.5. The van der Waals surface area contributed by atoms with E-state index in [9.17, 15) is 29.1 Å². The van der Waals surface area contributed by atoms with Crippen molar-refractivity contribution in [2.45, 2.75) is 64.2 Å². The van der Waals surface area contributed by atoms with Crippen LogP contribution in [0.4, 0.5) is 0 Å². The number of carbonyl (C=O) groups is 5. The Labute approximate surface area is 197 Å². The summed E-state index contributed by atoms with van der Waals surface area (Å²) in [5, 5.41) is 25.9. The number of aromatic hydroxyl groups is 1. The molecule has 1 aromatic rings. The fraction of sp³-hybridized carbons (Fsp3) is 0.500. The summed E-state index contributed by atoms with van der Waals surface area (Å²) < 4.78 is 0. The number of amides is 4. The van der Waals surface area contributed by atoms with E-state index in [2.05, 4.69) is 16.0 Å². The quantitative estimate of drug-likeness (QED) is 0.181. The summed E-state index contributed by atoms with van der Waals surface area (Å²) >= 11 is 0. The number of hydrogen-bond acceptors (Lipinski definition) is 7. The number of aliphatic carboxylic acids is 1. The summed E-state index contributed by atoms with van der Waals surface area (Å²) in [7, 11) is 0. The van der Waals surface area contributed by atoms with Crippen LogP contribution in [0.25, 0.3) is 0 Å². The highest BCUT2D eigenvalue weighted by Crippen LogP contribution is 2.13. The normalized spacial score (nSPS) is 15.2. The second kappa shape index (κ2) is 13.1. The van der Waals surface area contributed by atoms with Gasteiger partial charge in [-0.2, -0.15) is 0 Å². The largest absolute Gasteiger partial charge is 0.508 e. The van der Waals surface area contributed by atoms with E-state index in [0.29, 0.717) is 12.0 Å². The zero-order valence-corrected chi connectivity index (χ0v) is 19.4. The molecule has 0 spiro atoms. The fourth-order valence-electron chi connectivity index (χ4n) is 2.99. The number of benzene rings is 1. The molecule has 1 aromatic carbocycles. The van der Waals surface area contributed by atoms with Gasteiger partial charge < -0.3 is 37.6 Å². The van der Waals surface area contributed by atoms with E-state index in [4.69, 9.17) is 16.6 Å². The second-order valence-electron chi connectivity index (χ2n) is 8.15. The van der Waals surface area contributed by atoms with Gasteiger partial charge in [0.1, 0.15) is 23.9 Å². The molecule has 0 aliphatic heterocycles. The van der Waals surface area contributed by atoms with Crippen LogP contribution in [-0.2, 0) is 30.4 Å². The first kappa shape index (κ1) is 28.4. The fourth-order valence-corrected chi connectivity index (χ4v) is 2.99. The van der Waals surface area contributed by atoms with Gasteiger partial charge in [-0.05, 0) is 30.5 Å². The van der Waals surface area contributed by atoms with Crippen LogP contribution in [-0.4, -0.2) is 64.0 Å². The zero-order valence-electron chi connectivity index (χ0n) is 19.4. The summed E-state index contributed by atoms with van der Waals surface area (Å²) in [6, 6.07) is 1.22. The maximum atomic E-state index is 13.1. The average Bonchev–Trinajstić information content (AvgIpc) is 2.76. The number of rotatable bonds is 13. The van der Waals surface area contributed by atoms with Crippen LogP contribution in [0.2, 0.25) is 0 Å². The maximum absolute atomic E-state index is 13.1. The molecule has 0 fully saturated rings. The molecule has 0 aliphatic carbocycles. The molecule has 4 amide bonds. The Morgan fingerprint density at radius 3 is 2.03 bits per heavy atom. The number of phenolic OH excluding ortho intramolecular Hbond substituents is 1. The van der Waals surface area contributed by atoms with Gasteiger partial charge in [0.25, 0.3) is 0 Å². The maximum Gasteiger partial charge on any atom is 0.325 e. The molecule has 0 heterocycles. The van der Waals surface area contributed by atoms with Crippen molar-refractivity contribution in [1.82, 2.24) is 16.0 Å². The molecule has 9 N–H and O–H groups in total. The highest BCUT2D eigenvalue weighted by Gasteiger charge is 2.32. The Hall–Kier alpha value is -3.67. The van der Waals surface area contributed by atoms with Crippen LogP contribution in [0.3, 0.4) is 0 Å². The third-order valence-electron chi connectivity index (χ3n) is 5.29. The number of carboxylic acid groups (broad SMARTS) is 1. The molecular weight excluding hydrogens is 446 g/mol. The van der Waals surface area contributed by atoms with Crippen molar-refractivity contribution in [3.05, 3.63) is 29.8 Å². The molecular formula is C22H33N5O7. The molecule has 1 rings (SSSR count). The Morgan fingerprint density at radius 2 is 1.53 bits per heavy atom. The molecule has 0 aromatic heterocycles. The van der Waals surface area contributed by atoms with Gasteiger partial charge in [-0.25, -0.2) is 0 Å². The van der Waals surface area contributed by atoms with Crippen molar-refractivity contribution in [1.29, 1.82) is 0 Å². The SMILES string of the molecule is CCC(C)C(NC(=O)C(Cc1ccc(O)cc1)NC(=O)C(N)CC(N)=O)C(=O)NC(C)C(=O)O. The Kier molecular flexibility index (Phi) is 11.0. The molecule has 0 radical (unpaired) electrons. The molecule has 5 unspecified atom stereocenters. The van der Waals surface area contributed by atoms with Crippen LogP contribution in [0.15, 0.2) is 24.3 Å². The van der Waals surface area contributed by atoms with Crippen LogP contribution >= 0.6 is 0 Å². The smallest absolute Gasteiger partial charge is 0.325 e. The monoisotopic (exact) mass is 479 g/mol. The van der Waals surface area contributed by atoms with Gasteiger partial charge in [0.2, 0.25) is 23.6 Å². The lowest BCUT2D eigenvalue weighted by Gasteiger charge is -2.27. The van der Waals surface area contributed by atoms with Crippen molar-refractivity contribution in [2.24, 2.45) is 17.4 Å². The van der Waals surface area contributed by atoms with Crippen molar-refractivity contribution in [3.63, 3.8) is 0 Å². The predicted octanol–water partition coefficient (Wildman–Crippen LogP) is -1.26. The molecule has 12 nitrogen and oxygen atoms in total. The van der Waals surface area contributed by atoms with Crippen molar-refractivity contribution in [3.8, 4) is 5.75 Å². The Bertz CT molecular complexity index is 890. The minimum atomic E-state index is -1.28. The van der Waals surface area contributed by atoms with Gasteiger partial charge in [0, 0.05) is 6.42 Å². The van der Waals surface area contributed by atoms with Crippen LogP contribution in [0.5, 0.6) is 5.75 Å². The summed E-state index contributed by atoms with van der Waals surface area (Å²) in [5.41, 5.74) is 11.4. The lowest BCUT2D eigenvalue weighted by Crippen LogP contribution is -2.59. The summed E-state index contributed by atoms with van der Waals surface area (Å²) in [6.45, 7) is 4.81. The summed E-state index contributed by atoms with van der Waals surface area (Å²) in [5.74, 6) is -4.55. The third kappa shape index (κ3) is 9.06. The van der Waals surface area contributed by atoms with E-state index < -0.39 is 60.2 Å². The van der Waals surface area contributed by atoms with E-state index in [1.54, 1.807) is 26.0 Å². The zero-order chi connectivity index (χ0) is 26.0. The van der Waals surface area contributed by atoms with Crippen molar-refractivity contribution < 1.29 is 34.2 Å². The topological polar surface area (TPSA) is 214 Å². The van der Waals surface area contributed by atoms with E-state index in [1.807, 2.05) is 0 Å². The molecule has 12 heteroatoms. The number of carbonyl (C=O) groups excluding carboxylic acids is 4. The van der Waals surface area contributed by atoms with Gasteiger partial charge in [-0.3, -0.25) is 24.0 Å². The minimum absolute atomic E-state index is 0.0123. The average molecular weight is 480 g/mol. The van der Waals surface area contributed by atoms with Gasteiger partial charge in [0.05, 0.1) is 12.5 Å². The second-order valence-corrected chi connectivity index (χ2v) is 8.15. The highest BCUT2D eigenvalue weighted by atomic mass is 16.4. The summed E-state index contributed by atoms with van der Waals surface area (Å²) in [6.07, 6.45) is 0.0597. The molecule has 5 atom stereocenters. The lowest BCUT2D eigenvalue weighted by atomic mass is 9.96. The number of phenols is 1. The van der Waals surface area contributed by atoms with E-state index >= 15 is 0 Å². The molecule has 34 heavy (non-hydrogen) atoms. The van der Waals surface area contributed by atoms with Gasteiger partial charge in [-0.15, -0.1) is 0 Å². The van der Waals surface area contributed by atoms with E-state index in [-0.39, 0.29) is 18.1 Å². The first-order valence-corrected chi connectivity index (χ1v) is 10.8. The van der Waals surface area contributed by atoms with E-state index in [0.717, 1.165) is 0 Å². The number of primary amides is 1. The van der Waals surface area contributed by atoms with Gasteiger partial charge in [-0.1, -0.05) is 32.4 Å². The van der Waals surface area contributed by atoms with Crippen molar-refractivity contribution >= 4 is 29.6 Å². The van der Waals surface area contributed by atoms with Crippen LogP contribution in [0, 0.1) is 5.92 Å². The number of nitrogens with two attached hydrogens (primary N) is 2. The molecule has 0 aliphatic rings. The standard InChI is InChI=1S/C22H33N5O7/c1-4-11(2)18(21(32)25-12(3)22(33)34)27-20(31)16(9-13-5-7-14(28)8-6-13)26-19(30)15(23)10-17(24)29/h5-8,11-12,15-16,18,28H,4,9-10,23H2,1-3H3,(H2,24,29)(H,25,32)(H,26,30)(H,27,31)(H,33,34). The molecule has 0 saturated carbocycles. The Balaban J connectivity index is 3.12. The predicted molar refractivity (Wildman–Crippen MR) is 122 cm³/mol. The number of nitrogens with one attached hydrogen (secondary N) is 3. The third-order valence-corrected chi connectivity index (χ3v) is 5.29. The first-order chi connectivity index (χ1) is 15.8. The molecule has 0 bridgehead atoms. The van der Waals surface area contributed by atoms with Crippen LogP contribution in [0.1, 0.15) is 39.2 Å². The van der Waals surface area contributed by atoms with Gasteiger partial charge >= 0.3 is 5.97 Å².